The first-order valence-corrected chi connectivity index (χ1v) is 11.6. The quantitative estimate of drug-likeness (QED) is 0.584. The summed E-state index contributed by atoms with van der Waals surface area (Å²) in [6.07, 6.45) is 2.11. The monoisotopic (exact) mass is 475 g/mol. The zero-order valence-corrected chi connectivity index (χ0v) is 20.1. The lowest BCUT2D eigenvalue weighted by Crippen LogP contribution is -2.45. The van der Waals surface area contributed by atoms with E-state index in [4.69, 9.17) is 16.2 Å². The molecule has 2 heterocycles. The summed E-state index contributed by atoms with van der Waals surface area (Å²) in [7, 11) is 0. The summed E-state index contributed by atoms with van der Waals surface area (Å²) in [4.78, 5) is 43.3. The Morgan fingerprint density at radius 1 is 1.29 bits per heavy atom. The minimum atomic E-state index is -0.952. The first kappa shape index (κ1) is 24.2. The molecule has 9 heteroatoms. The Kier molecular flexibility index (Phi) is 6.24. The SMILES string of the molecule is CC(C)(C)OC(=O)CCC(C(N)=O)N1Cc2cc(-c3nc(N)c(C4CC4)cc3C#N)ccc2C1=O. The van der Waals surface area contributed by atoms with E-state index < -0.39 is 23.5 Å². The largest absolute Gasteiger partial charge is 0.460 e. The van der Waals surface area contributed by atoms with Crippen LogP contribution in [0.15, 0.2) is 24.3 Å². The van der Waals surface area contributed by atoms with E-state index in [-0.39, 0.29) is 25.3 Å². The van der Waals surface area contributed by atoms with Gasteiger partial charge in [-0.1, -0.05) is 6.07 Å². The van der Waals surface area contributed by atoms with Gasteiger partial charge in [0, 0.05) is 24.1 Å². The average molecular weight is 476 g/mol. The van der Waals surface area contributed by atoms with Crippen LogP contribution in [-0.2, 0) is 20.9 Å². The highest BCUT2D eigenvalue weighted by molar-refractivity contribution is 6.01. The molecule has 2 aliphatic rings. The Bertz CT molecular complexity index is 1250. The van der Waals surface area contributed by atoms with Crippen LogP contribution in [0, 0.1) is 11.3 Å². The van der Waals surface area contributed by atoms with Crippen LogP contribution in [-0.4, -0.2) is 39.3 Å². The summed E-state index contributed by atoms with van der Waals surface area (Å²) >= 11 is 0. The number of rotatable bonds is 7. The third kappa shape index (κ3) is 5.11. The van der Waals surface area contributed by atoms with Crippen molar-refractivity contribution in [1.82, 2.24) is 9.88 Å². The molecule has 4 rings (SSSR count). The van der Waals surface area contributed by atoms with Gasteiger partial charge in [0.05, 0.1) is 11.3 Å². The number of nitrogens with two attached hydrogens (primary N) is 2. The van der Waals surface area contributed by atoms with Crippen LogP contribution in [0.1, 0.15) is 79.4 Å². The third-order valence-electron chi connectivity index (χ3n) is 6.18. The zero-order chi connectivity index (χ0) is 25.5. The molecule has 35 heavy (non-hydrogen) atoms. The van der Waals surface area contributed by atoms with Crippen LogP contribution in [0.4, 0.5) is 5.82 Å². The fourth-order valence-corrected chi connectivity index (χ4v) is 4.41. The molecule has 0 bridgehead atoms. The summed E-state index contributed by atoms with van der Waals surface area (Å²) in [5, 5.41) is 9.70. The highest BCUT2D eigenvalue weighted by atomic mass is 16.6. The van der Waals surface area contributed by atoms with E-state index in [1.165, 1.54) is 4.90 Å². The van der Waals surface area contributed by atoms with E-state index in [9.17, 15) is 19.6 Å². The van der Waals surface area contributed by atoms with E-state index in [1.807, 2.05) is 0 Å². The summed E-state index contributed by atoms with van der Waals surface area (Å²) in [5.74, 6) is -0.710. The summed E-state index contributed by atoms with van der Waals surface area (Å²) in [6.45, 7) is 5.43. The van der Waals surface area contributed by atoms with E-state index in [2.05, 4.69) is 11.1 Å². The Morgan fingerprint density at radius 2 is 2.00 bits per heavy atom. The predicted octanol–water partition coefficient (Wildman–Crippen LogP) is 3.01. The van der Waals surface area contributed by atoms with Crippen LogP contribution in [0.2, 0.25) is 0 Å². The van der Waals surface area contributed by atoms with Gasteiger partial charge in [0.15, 0.2) is 0 Å². The smallest absolute Gasteiger partial charge is 0.306 e. The number of ether oxygens (including phenoxy) is 1. The molecule has 9 nitrogen and oxygen atoms in total. The lowest BCUT2D eigenvalue weighted by Gasteiger charge is -2.25. The van der Waals surface area contributed by atoms with Gasteiger partial charge < -0.3 is 21.1 Å². The van der Waals surface area contributed by atoms with E-state index in [1.54, 1.807) is 45.0 Å². The minimum Gasteiger partial charge on any atom is -0.460 e. The second kappa shape index (κ2) is 9.02. The Balaban J connectivity index is 1.57. The molecular weight excluding hydrogens is 446 g/mol. The topological polar surface area (TPSA) is 152 Å². The molecule has 2 aromatic rings. The number of pyridine rings is 1. The first-order chi connectivity index (χ1) is 16.5. The van der Waals surface area contributed by atoms with Crippen molar-refractivity contribution in [3.8, 4) is 17.3 Å². The van der Waals surface area contributed by atoms with Gasteiger partial charge in [-0.25, -0.2) is 4.98 Å². The number of hydrogen-bond acceptors (Lipinski definition) is 7. The molecule has 1 fully saturated rings. The van der Waals surface area contributed by atoms with Gasteiger partial charge in [0.25, 0.3) is 5.91 Å². The van der Waals surface area contributed by atoms with Crippen LogP contribution in [0.3, 0.4) is 0 Å². The number of anilines is 1. The maximum absolute atomic E-state index is 13.1. The number of hydrogen-bond donors (Lipinski definition) is 2. The number of amides is 2. The van der Waals surface area contributed by atoms with Crippen LogP contribution >= 0.6 is 0 Å². The summed E-state index contributed by atoms with van der Waals surface area (Å²) in [6, 6.07) is 8.23. The van der Waals surface area contributed by atoms with Crippen molar-refractivity contribution in [2.75, 3.05) is 5.73 Å². The van der Waals surface area contributed by atoms with Crippen molar-refractivity contribution >= 4 is 23.6 Å². The predicted molar refractivity (Wildman–Crippen MR) is 129 cm³/mol. The molecule has 1 atom stereocenters. The maximum atomic E-state index is 13.1. The van der Waals surface area contributed by atoms with Crippen molar-refractivity contribution in [3.05, 3.63) is 46.5 Å². The van der Waals surface area contributed by atoms with Gasteiger partial charge in [-0.15, -0.1) is 0 Å². The highest BCUT2D eigenvalue weighted by Crippen LogP contribution is 2.43. The molecule has 1 unspecified atom stereocenters. The van der Waals surface area contributed by atoms with Crippen molar-refractivity contribution in [2.24, 2.45) is 5.73 Å². The van der Waals surface area contributed by atoms with Gasteiger partial charge in [-0.05, 0) is 75.3 Å². The second-order valence-electron chi connectivity index (χ2n) is 10.1. The molecule has 2 amide bonds. The Labute approximate surface area is 204 Å². The average Bonchev–Trinajstić information content (AvgIpc) is 3.56. The van der Waals surface area contributed by atoms with Gasteiger partial charge in [0.1, 0.15) is 23.5 Å². The molecule has 0 radical (unpaired) electrons. The first-order valence-electron chi connectivity index (χ1n) is 11.6. The van der Waals surface area contributed by atoms with Crippen LogP contribution in [0.25, 0.3) is 11.3 Å². The molecule has 0 spiro atoms. The zero-order valence-electron chi connectivity index (χ0n) is 20.1. The number of nitrogens with zero attached hydrogens (tertiary/aromatic N) is 3. The Hall–Kier alpha value is -3.93. The number of fused-ring (bicyclic) bond motifs is 1. The van der Waals surface area contributed by atoms with Crippen molar-refractivity contribution in [2.45, 2.75) is 70.6 Å². The minimum absolute atomic E-state index is 0.0433. The number of carbonyl (C=O) groups is 3. The highest BCUT2D eigenvalue weighted by Gasteiger charge is 2.36. The summed E-state index contributed by atoms with van der Waals surface area (Å²) < 4.78 is 5.30. The molecule has 182 valence electrons. The lowest BCUT2D eigenvalue weighted by atomic mass is 9.99. The van der Waals surface area contributed by atoms with E-state index >= 15 is 0 Å². The number of aromatic nitrogens is 1. The van der Waals surface area contributed by atoms with Crippen molar-refractivity contribution in [1.29, 1.82) is 5.26 Å². The molecular formula is C26H29N5O4. The molecule has 1 aromatic heterocycles. The molecule has 0 saturated heterocycles. The lowest BCUT2D eigenvalue weighted by molar-refractivity contribution is -0.155. The summed E-state index contributed by atoms with van der Waals surface area (Å²) in [5.41, 5.74) is 14.7. The number of primary amides is 1. The standard InChI is InChI=1S/C26H29N5O4/c1-26(2,3)35-21(32)9-8-20(24(29)33)31-13-17-10-15(6-7-18(17)25(31)34)22-16(12-27)11-19(14-4-5-14)23(28)30-22/h6-7,10-11,14,20H,4-5,8-9,13H2,1-3H3,(H2,28,30)(H2,29,33). The fourth-order valence-electron chi connectivity index (χ4n) is 4.41. The van der Waals surface area contributed by atoms with Crippen LogP contribution < -0.4 is 11.5 Å². The molecule has 1 aromatic carbocycles. The van der Waals surface area contributed by atoms with Crippen molar-refractivity contribution in [3.63, 3.8) is 0 Å². The molecule has 4 N–H and O–H groups in total. The van der Waals surface area contributed by atoms with E-state index in [0.717, 1.165) is 18.4 Å². The number of carbonyl (C=O) groups excluding carboxylic acids is 3. The normalized spacial score (nSPS) is 15.9. The Morgan fingerprint density at radius 3 is 2.60 bits per heavy atom. The van der Waals surface area contributed by atoms with E-state index in [0.29, 0.717) is 39.7 Å². The molecule has 1 aliphatic carbocycles. The van der Waals surface area contributed by atoms with Gasteiger partial charge >= 0.3 is 5.97 Å². The molecule has 1 saturated carbocycles. The number of benzene rings is 1. The van der Waals surface area contributed by atoms with Gasteiger partial charge in [0.2, 0.25) is 5.91 Å². The van der Waals surface area contributed by atoms with Gasteiger partial charge in [-0.3, -0.25) is 14.4 Å². The fraction of sp³-hybridized carbons (Fsp3) is 0.423. The third-order valence-corrected chi connectivity index (χ3v) is 6.18. The maximum Gasteiger partial charge on any atom is 0.306 e. The second-order valence-corrected chi connectivity index (χ2v) is 10.1. The molecule has 1 aliphatic heterocycles. The van der Waals surface area contributed by atoms with Gasteiger partial charge in [-0.2, -0.15) is 5.26 Å². The number of nitriles is 1. The number of nitrogen functional groups attached to an aromatic ring is 1. The van der Waals surface area contributed by atoms with Crippen LogP contribution in [0.5, 0.6) is 0 Å². The van der Waals surface area contributed by atoms with Crippen molar-refractivity contribution < 1.29 is 19.1 Å². The number of esters is 1.